The van der Waals surface area contributed by atoms with Crippen LogP contribution in [0.2, 0.25) is 0 Å². The normalized spacial score (nSPS) is 11.0. The first-order valence-electron chi connectivity index (χ1n) is 7.38. The quantitative estimate of drug-likeness (QED) is 0.640. The van der Waals surface area contributed by atoms with Gasteiger partial charge in [0.2, 0.25) is 0 Å². The summed E-state index contributed by atoms with van der Waals surface area (Å²) in [6.07, 6.45) is 5.67. The van der Waals surface area contributed by atoms with Crippen molar-refractivity contribution in [1.29, 1.82) is 0 Å². The summed E-state index contributed by atoms with van der Waals surface area (Å²) in [4.78, 5) is 0. The highest BCUT2D eigenvalue weighted by Gasteiger charge is 2.16. The highest BCUT2D eigenvalue weighted by atomic mass is 15.3. The van der Waals surface area contributed by atoms with Crippen LogP contribution in [0.25, 0.3) is 29.4 Å². The van der Waals surface area contributed by atoms with E-state index in [0.717, 1.165) is 26.7 Å². The molecule has 0 aromatic heterocycles. The molecule has 1 nitrogen and oxygen atoms in total. The third kappa shape index (κ3) is 3.10. The third-order valence-electron chi connectivity index (χ3n) is 3.85. The van der Waals surface area contributed by atoms with Gasteiger partial charge < -0.3 is 0 Å². The first kappa shape index (κ1) is 16.0. The van der Waals surface area contributed by atoms with Gasteiger partial charge in [0.25, 0.3) is 0 Å². The fourth-order valence-corrected chi connectivity index (χ4v) is 2.48. The van der Waals surface area contributed by atoms with Crippen molar-refractivity contribution in [3.8, 4) is 11.1 Å². The minimum Gasteiger partial charge on any atom is -0.298 e. The average Bonchev–Trinajstić information content (AvgIpc) is 2.52. The van der Waals surface area contributed by atoms with Crippen LogP contribution in [0.1, 0.15) is 16.7 Å². The molecule has 0 fully saturated rings. The van der Waals surface area contributed by atoms with Gasteiger partial charge in [0.05, 0.1) is 21.1 Å². The molecule has 0 saturated heterocycles. The molecule has 0 saturated carbocycles. The van der Waals surface area contributed by atoms with Gasteiger partial charge in [0, 0.05) is 6.07 Å². The van der Waals surface area contributed by atoms with Gasteiger partial charge in [0.15, 0.2) is 0 Å². The Bertz CT molecular complexity index is 730. The van der Waals surface area contributed by atoms with E-state index in [9.17, 15) is 0 Å². The molecule has 112 valence electrons. The SMILES string of the molecule is C=Cc1ccc(C=C)c(-c2cc([N+](C)(C)C)ccc2C=C)c1. The fourth-order valence-electron chi connectivity index (χ4n) is 2.48. The van der Waals surface area contributed by atoms with E-state index in [2.05, 4.69) is 77.3 Å². The Hall–Kier alpha value is -2.38. The minimum atomic E-state index is 0.773. The summed E-state index contributed by atoms with van der Waals surface area (Å²) in [6.45, 7) is 11.8. The van der Waals surface area contributed by atoms with Gasteiger partial charge in [-0.05, 0) is 46.0 Å². The lowest BCUT2D eigenvalue weighted by Crippen LogP contribution is -2.34. The Kier molecular flexibility index (Phi) is 4.48. The molecular formula is C21H24N+. The van der Waals surface area contributed by atoms with Crippen molar-refractivity contribution in [2.75, 3.05) is 21.1 Å². The van der Waals surface area contributed by atoms with E-state index in [1.165, 1.54) is 11.3 Å². The van der Waals surface area contributed by atoms with E-state index in [4.69, 9.17) is 0 Å². The van der Waals surface area contributed by atoms with Crippen LogP contribution in [0.3, 0.4) is 0 Å². The molecule has 0 aliphatic heterocycles. The number of nitrogens with zero attached hydrogens (tertiary/aromatic N) is 1. The lowest BCUT2D eigenvalue weighted by molar-refractivity contribution is 0.486. The smallest absolute Gasteiger partial charge is 0.132 e. The number of hydrogen-bond acceptors (Lipinski definition) is 0. The van der Waals surface area contributed by atoms with E-state index < -0.39 is 0 Å². The van der Waals surface area contributed by atoms with Crippen LogP contribution in [0.15, 0.2) is 56.1 Å². The summed E-state index contributed by atoms with van der Waals surface area (Å²) in [5, 5.41) is 0. The summed E-state index contributed by atoms with van der Waals surface area (Å²) >= 11 is 0. The molecule has 22 heavy (non-hydrogen) atoms. The third-order valence-corrected chi connectivity index (χ3v) is 3.85. The van der Waals surface area contributed by atoms with Crippen LogP contribution in [0, 0.1) is 0 Å². The molecule has 0 amide bonds. The number of benzene rings is 2. The topological polar surface area (TPSA) is 0 Å². The van der Waals surface area contributed by atoms with E-state index in [-0.39, 0.29) is 0 Å². The van der Waals surface area contributed by atoms with Gasteiger partial charge in [0.1, 0.15) is 5.69 Å². The molecule has 0 aliphatic rings. The Balaban J connectivity index is 2.77. The minimum absolute atomic E-state index is 0.773. The van der Waals surface area contributed by atoms with Crippen molar-refractivity contribution in [2.24, 2.45) is 0 Å². The van der Waals surface area contributed by atoms with Crippen molar-refractivity contribution in [3.63, 3.8) is 0 Å². The highest BCUT2D eigenvalue weighted by Crippen LogP contribution is 2.33. The van der Waals surface area contributed by atoms with Gasteiger partial charge >= 0.3 is 0 Å². The first-order chi connectivity index (χ1) is 10.4. The van der Waals surface area contributed by atoms with Crippen LogP contribution in [-0.2, 0) is 0 Å². The predicted octanol–water partition coefficient (Wildman–Crippen LogP) is 5.48. The van der Waals surface area contributed by atoms with Gasteiger partial charge in [-0.2, -0.15) is 0 Å². The Morgan fingerprint density at radius 1 is 0.727 bits per heavy atom. The summed E-state index contributed by atoms with van der Waals surface area (Å²) in [5.41, 5.74) is 6.94. The van der Waals surface area contributed by atoms with Crippen molar-refractivity contribution < 1.29 is 0 Å². The average molecular weight is 290 g/mol. The highest BCUT2D eigenvalue weighted by molar-refractivity contribution is 5.84. The summed E-state index contributed by atoms with van der Waals surface area (Å²) in [7, 11) is 6.50. The zero-order valence-corrected chi connectivity index (χ0v) is 13.8. The molecule has 0 N–H and O–H groups in total. The second kappa shape index (κ2) is 6.17. The van der Waals surface area contributed by atoms with Gasteiger partial charge in [-0.15, -0.1) is 0 Å². The standard InChI is InChI=1S/C21H24N/c1-7-16-10-11-17(8-2)20(14-16)21-15-19(22(4,5)6)13-12-18(21)9-3/h7-15H,1-3H2,4-6H3/q+1. The molecular weight excluding hydrogens is 266 g/mol. The zero-order chi connectivity index (χ0) is 16.3. The second-order valence-corrected chi connectivity index (χ2v) is 6.24. The van der Waals surface area contributed by atoms with E-state index >= 15 is 0 Å². The van der Waals surface area contributed by atoms with Gasteiger partial charge in [-0.25, -0.2) is 0 Å². The predicted molar refractivity (Wildman–Crippen MR) is 102 cm³/mol. The molecule has 0 spiro atoms. The number of hydrogen-bond donors (Lipinski definition) is 0. The van der Waals surface area contributed by atoms with Crippen LogP contribution in [0.4, 0.5) is 5.69 Å². The molecule has 2 aromatic carbocycles. The Morgan fingerprint density at radius 2 is 1.27 bits per heavy atom. The zero-order valence-electron chi connectivity index (χ0n) is 13.8. The molecule has 1 heteroatoms. The molecule has 2 aromatic rings. The van der Waals surface area contributed by atoms with E-state index in [1.807, 2.05) is 18.2 Å². The van der Waals surface area contributed by atoms with Crippen LogP contribution >= 0.6 is 0 Å². The summed E-state index contributed by atoms with van der Waals surface area (Å²) in [5.74, 6) is 0. The maximum absolute atomic E-state index is 3.96. The summed E-state index contributed by atoms with van der Waals surface area (Å²) in [6, 6.07) is 12.8. The maximum atomic E-state index is 3.96. The second-order valence-electron chi connectivity index (χ2n) is 6.24. The maximum Gasteiger partial charge on any atom is 0.132 e. The molecule has 0 heterocycles. The van der Waals surface area contributed by atoms with Gasteiger partial charge in [-0.3, -0.25) is 4.48 Å². The molecule has 0 unspecified atom stereocenters. The largest absolute Gasteiger partial charge is 0.298 e. The monoisotopic (exact) mass is 290 g/mol. The fraction of sp³-hybridized carbons (Fsp3) is 0.143. The molecule has 0 aliphatic carbocycles. The van der Waals surface area contributed by atoms with Crippen LogP contribution < -0.4 is 4.48 Å². The molecule has 0 atom stereocenters. The van der Waals surface area contributed by atoms with Crippen LogP contribution in [0.5, 0.6) is 0 Å². The number of quaternary nitrogens is 1. The van der Waals surface area contributed by atoms with Crippen molar-refractivity contribution in [2.45, 2.75) is 0 Å². The van der Waals surface area contributed by atoms with E-state index in [0.29, 0.717) is 0 Å². The lowest BCUT2D eigenvalue weighted by Gasteiger charge is -2.25. The van der Waals surface area contributed by atoms with Crippen molar-refractivity contribution >= 4 is 23.9 Å². The Morgan fingerprint density at radius 3 is 1.77 bits per heavy atom. The Labute approximate surface area is 134 Å². The van der Waals surface area contributed by atoms with Gasteiger partial charge in [-0.1, -0.05) is 50.1 Å². The molecule has 2 rings (SSSR count). The van der Waals surface area contributed by atoms with Crippen molar-refractivity contribution in [1.82, 2.24) is 4.48 Å². The summed E-state index contributed by atoms with van der Waals surface area (Å²) < 4.78 is 0.773. The van der Waals surface area contributed by atoms with Crippen molar-refractivity contribution in [3.05, 3.63) is 72.8 Å². The number of rotatable bonds is 5. The lowest BCUT2D eigenvalue weighted by atomic mass is 9.93. The molecule has 0 radical (unpaired) electrons. The van der Waals surface area contributed by atoms with Crippen LogP contribution in [-0.4, -0.2) is 21.1 Å². The molecule has 0 bridgehead atoms. The van der Waals surface area contributed by atoms with E-state index in [1.54, 1.807) is 0 Å². The first-order valence-corrected chi connectivity index (χ1v) is 7.38.